The Balaban J connectivity index is 1.39. The van der Waals surface area contributed by atoms with Crippen LogP contribution < -0.4 is 0 Å². The molecular weight excluding hydrogens is 528 g/mol. The Morgan fingerprint density at radius 3 is 2.11 bits per heavy atom. The summed E-state index contributed by atoms with van der Waals surface area (Å²) in [7, 11) is 0. The van der Waals surface area contributed by atoms with Crippen molar-refractivity contribution >= 4 is 35.8 Å². The Labute approximate surface area is 235 Å². The van der Waals surface area contributed by atoms with E-state index in [1.165, 1.54) is 6.92 Å². The number of rotatable bonds is 6. The molecule has 5 aliphatic heterocycles. The molecule has 0 N–H and O–H groups in total. The molecule has 0 spiro atoms. The van der Waals surface area contributed by atoms with E-state index >= 15 is 0 Å². The maximum absolute atomic E-state index is 12.2. The van der Waals surface area contributed by atoms with Crippen LogP contribution in [0.1, 0.15) is 78.6 Å². The lowest BCUT2D eigenvalue weighted by Gasteiger charge is -2.47. The molecule has 8 nitrogen and oxygen atoms in total. The van der Waals surface area contributed by atoms with Crippen LogP contribution in [0.5, 0.6) is 0 Å². The van der Waals surface area contributed by atoms with Crippen LogP contribution in [0, 0.1) is 0 Å². The predicted octanol–water partition coefficient (Wildman–Crippen LogP) is 4.30. The third-order valence-corrected chi connectivity index (χ3v) is 11.7. The van der Waals surface area contributed by atoms with Crippen molar-refractivity contribution in [1.29, 1.82) is 0 Å². The van der Waals surface area contributed by atoms with Crippen LogP contribution in [0.2, 0.25) is 0 Å². The fourth-order valence-corrected chi connectivity index (χ4v) is 10.1. The minimum atomic E-state index is -0.470. The molecule has 0 aromatic carbocycles. The Morgan fingerprint density at radius 2 is 1.42 bits per heavy atom. The highest BCUT2D eigenvalue weighted by Crippen LogP contribution is 2.50. The van der Waals surface area contributed by atoms with Crippen LogP contribution in [0.25, 0.3) is 0 Å². The van der Waals surface area contributed by atoms with E-state index in [-0.39, 0.29) is 65.0 Å². The minimum Gasteiger partial charge on any atom is -0.462 e. The van der Waals surface area contributed by atoms with Crippen molar-refractivity contribution in [3.63, 3.8) is 0 Å². The molecule has 38 heavy (non-hydrogen) atoms. The standard InChI is InChI=1S/C28H44O8S2/c1-4-37-28(38-5-2)15-26-22(36-27(28)16-29)11-10-21-24(35-26)13-18(32-17(3)30)8-9-20-25(34-21)14-23-19(33-20)7-6-12-31-23/h16,18-27H,4-15H2,1-3H3/t18-,19-,20+,21+,22-,23+,24-,25-,26+,27+/m0/s1. The molecule has 10 atom stereocenters. The monoisotopic (exact) mass is 572 g/mol. The van der Waals surface area contributed by atoms with Gasteiger partial charge in [0.15, 0.2) is 6.29 Å². The van der Waals surface area contributed by atoms with Crippen LogP contribution >= 0.6 is 23.5 Å². The molecule has 10 heteroatoms. The maximum Gasteiger partial charge on any atom is 0.302 e. The first-order chi connectivity index (χ1) is 18.4. The lowest BCUT2D eigenvalue weighted by Crippen LogP contribution is -2.54. The van der Waals surface area contributed by atoms with Gasteiger partial charge in [-0.1, -0.05) is 13.8 Å². The fraction of sp³-hybridized carbons (Fsp3) is 0.929. The van der Waals surface area contributed by atoms with E-state index in [4.69, 9.17) is 28.4 Å². The molecule has 5 saturated heterocycles. The second-order valence-corrected chi connectivity index (χ2v) is 14.6. The number of hydrogen-bond acceptors (Lipinski definition) is 10. The molecule has 0 radical (unpaired) electrons. The molecule has 0 aromatic rings. The highest BCUT2D eigenvalue weighted by Gasteiger charge is 2.53. The van der Waals surface area contributed by atoms with Crippen LogP contribution in [0.3, 0.4) is 0 Å². The summed E-state index contributed by atoms with van der Waals surface area (Å²) < 4.78 is 38.3. The van der Waals surface area contributed by atoms with Gasteiger partial charge in [-0.15, -0.1) is 23.5 Å². The van der Waals surface area contributed by atoms with E-state index < -0.39 is 6.10 Å². The largest absolute Gasteiger partial charge is 0.462 e. The number of fused-ring (bicyclic) bond motifs is 4. The molecule has 216 valence electrons. The molecule has 5 fully saturated rings. The van der Waals surface area contributed by atoms with Crippen molar-refractivity contribution in [1.82, 2.24) is 0 Å². The van der Waals surface area contributed by atoms with Gasteiger partial charge < -0.3 is 33.2 Å². The molecule has 0 aromatic heterocycles. The van der Waals surface area contributed by atoms with Crippen molar-refractivity contribution in [3.05, 3.63) is 0 Å². The Morgan fingerprint density at radius 1 is 0.816 bits per heavy atom. The summed E-state index contributed by atoms with van der Waals surface area (Å²) in [5, 5.41) is 0. The van der Waals surface area contributed by atoms with Crippen molar-refractivity contribution in [3.8, 4) is 0 Å². The number of thioether (sulfide) groups is 2. The third kappa shape index (κ3) is 6.42. The van der Waals surface area contributed by atoms with Crippen molar-refractivity contribution in [2.75, 3.05) is 18.1 Å². The maximum atomic E-state index is 12.2. The first kappa shape index (κ1) is 29.1. The van der Waals surface area contributed by atoms with E-state index in [0.29, 0.717) is 12.8 Å². The van der Waals surface area contributed by atoms with Crippen molar-refractivity contribution in [2.45, 2.75) is 144 Å². The second kappa shape index (κ2) is 13.1. The van der Waals surface area contributed by atoms with Gasteiger partial charge in [-0.3, -0.25) is 4.79 Å². The molecule has 0 saturated carbocycles. The molecular formula is C28H44O8S2. The SMILES string of the molecule is CCSC1(SCC)C[C@H]2O[C@H]3C[C@@H](OC(C)=O)CC[C@H]4O[C@H]5CCCO[C@@H]5C[C@@H]4O[C@@H]3CC[C@@H]2O[C@@H]1C=O. The first-order valence-electron chi connectivity index (χ1n) is 14.6. The summed E-state index contributed by atoms with van der Waals surface area (Å²) >= 11 is 3.58. The van der Waals surface area contributed by atoms with Gasteiger partial charge in [0.1, 0.15) is 12.2 Å². The number of ether oxygens (including phenoxy) is 6. The average Bonchev–Trinajstić information content (AvgIpc) is 3.00. The molecule has 0 bridgehead atoms. The lowest BCUT2D eigenvalue weighted by atomic mass is 9.91. The van der Waals surface area contributed by atoms with Crippen LogP contribution in [-0.2, 0) is 38.0 Å². The number of aldehydes is 1. The number of hydrogen-bond donors (Lipinski definition) is 0. The summed E-state index contributed by atoms with van der Waals surface area (Å²) in [5.74, 6) is 1.53. The fourth-order valence-electron chi connectivity index (χ4n) is 7.01. The lowest BCUT2D eigenvalue weighted by molar-refractivity contribution is -0.232. The van der Waals surface area contributed by atoms with Gasteiger partial charge in [0, 0.05) is 32.8 Å². The van der Waals surface area contributed by atoms with Gasteiger partial charge in [-0.25, -0.2) is 0 Å². The minimum absolute atomic E-state index is 0.0504. The molecule has 0 aliphatic carbocycles. The smallest absolute Gasteiger partial charge is 0.302 e. The van der Waals surface area contributed by atoms with E-state index in [2.05, 4.69) is 13.8 Å². The highest BCUT2D eigenvalue weighted by molar-refractivity contribution is 8.18. The highest BCUT2D eigenvalue weighted by atomic mass is 32.2. The van der Waals surface area contributed by atoms with E-state index in [0.717, 1.165) is 69.3 Å². The van der Waals surface area contributed by atoms with E-state index in [1.54, 1.807) is 23.5 Å². The van der Waals surface area contributed by atoms with Gasteiger partial charge >= 0.3 is 5.97 Å². The summed E-state index contributed by atoms with van der Waals surface area (Å²) in [6.45, 7) is 6.50. The summed E-state index contributed by atoms with van der Waals surface area (Å²) in [6, 6.07) is 0. The van der Waals surface area contributed by atoms with E-state index in [1.807, 2.05) is 0 Å². The molecule has 5 heterocycles. The van der Waals surface area contributed by atoms with Crippen molar-refractivity contribution in [2.24, 2.45) is 0 Å². The van der Waals surface area contributed by atoms with Gasteiger partial charge in [0.05, 0.1) is 52.9 Å². The van der Waals surface area contributed by atoms with Crippen molar-refractivity contribution < 1.29 is 38.0 Å². The number of carbonyl (C=O) groups is 2. The first-order valence-corrected chi connectivity index (χ1v) is 16.6. The van der Waals surface area contributed by atoms with Crippen LogP contribution in [-0.4, -0.2) is 95.5 Å². The third-order valence-electron chi connectivity index (χ3n) is 8.62. The van der Waals surface area contributed by atoms with Crippen LogP contribution in [0.15, 0.2) is 0 Å². The van der Waals surface area contributed by atoms with E-state index in [9.17, 15) is 9.59 Å². The Hall–Kier alpha value is -0.360. The quantitative estimate of drug-likeness (QED) is 0.261. The molecule has 5 rings (SSSR count). The van der Waals surface area contributed by atoms with Gasteiger partial charge in [0.2, 0.25) is 0 Å². The zero-order chi connectivity index (χ0) is 26.7. The normalized spacial score (nSPS) is 42.9. The molecule has 0 amide bonds. The van der Waals surface area contributed by atoms with Gasteiger partial charge in [-0.05, 0) is 50.0 Å². The second-order valence-electron chi connectivity index (χ2n) is 11.2. The average molecular weight is 573 g/mol. The predicted molar refractivity (Wildman–Crippen MR) is 147 cm³/mol. The number of esters is 1. The van der Waals surface area contributed by atoms with Crippen LogP contribution in [0.4, 0.5) is 0 Å². The van der Waals surface area contributed by atoms with Gasteiger partial charge in [0.25, 0.3) is 0 Å². The summed E-state index contributed by atoms with van der Waals surface area (Å²) in [6.07, 6.45) is 6.79. The Kier molecular flexibility index (Phi) is 10.0. The number of carbonyl (C=O) groups excluding carboxylic acids is 2. The molecule has 5 aliphatic rings. The topological polar surface area (TPSA) is 89.5 Å². The zero-order valence-electron chi connectivity index (χ0n) is 22.9. The molecule has 0 unspecified atom stereocenters. The summed E-state index contributed by atoms with van der Waals surface area (Å²) in [4.78, 5) is 24.2. The summed E-state index contributed by atoms with van der Waals surface area (Å²) in [5.41, 5.74) is 0. The Bertz CT molecular complexity index is 808. The zero-order valence-corrected chi connectivity index (χ0v) is 24.6. The van der Waals surface area contributed by atoms with Gasteiger partial charge in [-0.2, -0.15) is 0 Å².